The first-order chi connectivity index (χ1) is 13.4. The third-order valence-electron chi connectivity index (χ3n) is 4.09. The minimum Gasteiger partial charge on any atom is -0.322 e. The smallest absolute Gasteiger partial charge is 0.264 e. The third-order valence-corrected chi connectivity index (χ3v) is 5.88. The van der Waals surface area contributed by atoms with Crippen LogP contribution in [-0.4, -0.2) is 20.9 Å². The number of nitrogens with zero attached hydrogens (tertiary/aromatic N) is 1. The van der Waals surface area contributed by atoms with Crippen molar-refractivity contribution in [1.29, 1.82) is 0 Å². The first-order valence-corrected chi connectivity index (χ1v) is 10.0. The van der Waals surface area contributed by atoms with Gasteiger partial charge in [-0.05, 0) is 43.3 Å². The molecule has 0 aromatic heterocycles. The average molecular weight is 398 g/mol. The van der Waals surface area contributed by atoms with Crippen LogP contribution in [0.25, 0.3) is 0 Å². The molecule has 0 bridgehead atoms. The van der Waals surface area contributed by atoms with Gasteiger partial charge in [0.15, 0.2) is 0 Å². The molecule has 0 aliphatic carbocycles. The van der Waals surface area contributed by atoms with Crippen molar-refractivity contribution in [2.24, 2.45) is 0 Å². The molecule has 0 saturated carbocycles. The van der Waals surface area contributed by atoms with Gasteiger partial charge in [0, 0.05) is 0 Å². The Morgan fingerprint density at radius 1 is 0.929 bits per heavy atom. The van der Waals surface area contributed by atoms with Crippen molar-refractivity contribution in [3.05, 3.63) is 90.2 Å². The lowest BCUT2D eigenvalue weighted by Gasteiger charge is -2.24. The van der Waals surface area contributed by atoms with E-state index in [1.807, 2.05) is 6.92 Å². The number of hydrogen-bond donors (Lipinski definition) is 1. The Bertz CT molecular complexity index is 1070. The number of carbonyl (C=O) groups excluding carboxylic acids is 1. The van der Waals surface area contributed by atoms with E-state index in [0.717, 1.165) is 9.87 Å². The van der Waals surface area contributed by atoms with E-state index in [-0.39, 0.29) is 10.6 Å². The molecule has 0 aliphatic heterocycles. The number of para-hydroxylation sites is 1. The van der Waals surface area contributed by atoms with E-state index in [0.29, 0.717) is 5.69 Å². The Kier molecular flexibility index (Phi) is 5.75. The van der Waals surface area contributed by atoms with Gasteiger partial charge in [-0.15, -0.1) is 0 Å². The summed E-state index contributed by atoms with van der Waals surface area (Å²) >= 11 is 0. The van der Waals surface area contributed by atoms with Crippen LogP contribution in [0.3, 0.4) is 0 Å². The molecule has 3 aromatic carbocycles. The molecule has 0 spiro atoms. The molecule has 3 rings (SSSR count). The number of sulfonamides is 1. The summed E-state index contributed by atoms with van der Waals surface area (Å²) in [6, 6.07) is 20.4. The molecule has 1 amide bonds. The van der Waals surface area contributed by atoms with E-state index in [2.05, 4.69) is 5.32 Å². The first-order valence-electron chi connectivity index (χ1n) is 8.57. The Morgan fingerprint density at radius 2 is 1.54 bits per heavy atom. The number of rotatable bonds is 6. The quantitative estimate of drug-likeness (QED) is 0.683. The zero-order valence-electron chi connectivity index (χ0n) is 15.2. The Morgan fingerprint density at radius 3 is 2.18 bits per heavy atom. The predicted molar refractivity (Wildman–Crippen MR) is 107 cm³/mol. The number of nitrogens with one attached hydrogen (secondary N) is 1. The minimum atomic E-state index is -3.99. The van der Waals surface area contributed by atoms with Crippen LogP contribution < -0.4 is 9.62 Å². The lowest BCUT2D eigenvalue weighted by molar-refractivity contribution is -0.114. The van der Waals surface area contributed by atoms with E-state index in [1.165, 1.54) is 30.3 Å². The van der Waals surface area contributed by atoms with Crippen LogP contribution in [-0.2, 0) is 14.8 Å². The molecule has 0 unspecified atom stereocenters. The molecular weight excluding hydrogens is 379 g/mol. The molecule has 0 heterocycles. The third kappa shape index (κ3) is 4.37. The summed E-state index contributed by atoms with van der Waals surface area (Å²) in [5.74, 6) is -1.24. The van der Waals surface area contributed by atoms with Crippen LogP contribution >= 0.6 is 0 Å². The summed E-state index contributed by atoms with van der Waals surface area (Å²) < 4.78 is 41.1. The highest BCUT2D eigenvalue weighted by atomic mass is 32.2. The van der Waals surface area contributed by atoms with E-state index in [9.17, 15) is 17.6 Å². The molecule has 5 nitrogen and oxygen atoms in total. The molecule has 0 aliphatic rings. The molecule has 3 aromatic rings. The largest absolute Gasteiger partial charge is 0.322 e. The van der Waals surface area contributed by atoms with Crippen LogP contribution in [0.2, 0.25) is 0 Å². The van der Waals surface area contributed by atoms with Crippen molar-refractivity contribution in [2.45, 2.75) is 11.8 Å². The highest BCUT2D eigenvalue weighted by Gasteiger charge is 2.27. The molecule has 144 valence electrons. The number of benzene rings is 3. The summed E-state index contributed by atoms with van der Waals surface area (Å²) in [6.45, 7) is 1.39. The van der Waals surface area contributed by atoms with Gasteiger partial charge in [0.25, 0.3) is 10.0 Å². The molecule has 0 saturated heterocycles. The SMILES string of the molecule is Cc1ccc(N(CC(=O)Nc2ccccc2F)S(=O)(=O)c2ccccc2)cc1. The second-order valence-corrected chi connectivity index (χ2v) is 8.05. The van der Waals surface area contributed by atoms with Crippen LogP contribution in [0.4, 0.5) is 15.8 Å². The summed E-state index contributed by atoms with van der Waals surface area (Å²) in [7, 11) is -3.99. The van der Waals surface area contributed by atoms with E-state index in [4.69, 9.17) is 0 Å². The Hall–Kier alpha value is -3.19. The highest BCUT2D eigenvalue weighted by Crippen LogP contribution is 2.24. The molecule has 1 N–H and O–H groups in total. The van der Waals surface area contributed by atoms with Crippen LogP contribution in [0.5, 0.6) is 0 Å². The number of carbonyl (C=O) groups is 1. The fourth-order valence-electron chi connectivity index (χ4n) is 2.63. The zero-order valence-corrected chi connectivity index (χ0v) is 16.0. The van der Waals surface area contributed by atoms with Gasteiger partial charge in [0.1, 0.15) is 12.4 Å². The summed E-state index contributed by atoms with van der Waals surface area (Å²) in [6.07, 6.45) is 0. The van der Waals surface area contributed by atoms with Gasteiger partial charge in [0.05, 0.1) is 16.3 Å². The lowest BCUT2D eigenvalue weighted by atomic mass is 10.2. The van der Waals surface area contributed by atoms with Crippen LogP contribution in [0.15, 0.2) is 83.8 Å². The topological polar surface area (TPSA) is 66.5 Å². The summed E-state index contributed by atoms with van der Waals surface area (Å²) in [5.41, 5.74) is 1.29. The maximum atomic E-state index is 13.8. The van der Waals surface area contributed by atoms with E-state index < -0.39 is 28.3 Å². The second-order valence-electron chi connectivity index (χ2n) is 6.19. The molecule has 0 fully saturated rings. The fourth-order valence-corrected chi connectivity index (χ4v) is 4.07. The second kappa shape index (κ2) is 8.22. The maximum Gasteiger partial charge on any atom is 0.264 e. The number of halogens is 1. The van der Waals surface area contributed by atoms with Crippen molar-refractivity contribution in [3.63, 3.8) is 0 Å². The molecule has 0 radical (unpaired) electrons. The normalized spacial score (nSPS) is 11.1. The van der Waals surface area contributed by atoms with Gasteiger partial charge in [-0.1, -0.05) is 48.0 Å². The summed E-state index contributed by atoms with van der Waals surface area (Å²) in [4.78, 5) is 12.6. The monoisotopic (exact) mass is 398 g/mol. The average Bonchev–Trinajstić information content (AvgIpc) is 2.69. The zero-order chi connectivity index (χ0) is 20.1. The van der Waals surface area contributed by atoms with Crippen molar-refractivity contribution < 1.29 is 17.6 Å². The van der Waals surface area contributed by atoms with Gasteiger partial charge in [0.2, 0.25) is 5.91 Å². The highest BCUT2D eigenvalue weighted by molar-refractivity contribution is 7.92. The van der Waals surface area contributed by atoms with Crippen LogP contribution in [0, 0.1) is 12.7 Å². The van der Waals surface area contributed by atoms with Gasteiger partial charge in [-0.2, -0.15) is 0 Å². The van der Waals surface area contributed by atoms with Gasteiger partial charge >= 0.3 is 0 Å². The van der Waals surface area contributed by atoms with Crippen molar-refractivity contribution in [3.8, 4) is 0 Å². The van der Waals surface area contributed by atoms with Gasteiger partial charge in [-0.3, -0.25) is 9.10 Å². The van der Waals surface area contributed by atoms with E-state index >= 15 is 0 Å². The lowest BCUT2D eigenvalue weighted by Crippen LogP contribution is -2.38. The molecule has 0 atom stereocenters. The first kappa shape index (κ1) is 19.6. The predicted octanol–water partition coefficient (Wildman–Crippen LogP) is 3.97. The van der Waals surface area contributed by atoms with Crippen molar-refractivity contribution in [2.75, 3.05) is 16.2 Å². The van der Waals surface area contributed by atoms with Gasteiger partial charge in [-0.25, -0.2) is 12.8 Å². The standard InChI is InChI=1S/C21H19FN2O3S/c1-16-11-13-17(14-12-16)24(28(26,27)18-7-3-2-4-8-18)15-21(25)23-20-10-6-5-9-19(20)22/h2-14H,15H2,1H3,(H,23,25). The summed E-state index contributed by atoms with van der Waals surface area (Å²) in [5, 5.41) is 2.43. The maximum absolute atomic E-state index is 13.8. The van der Waals surface area contributed by atoms with E-state index in [1.54, 1.807) is 48.5 Å². The fraction of sp³-hybridized carbons (Fsp3) is 0.0952. The molecular formula is C21H19FN2O3S. The number of aryl methyl sites for hydroxylation is 1. The number of anilines is 2. The van der Waals surface area contributed by atoms with Gasteiger partial charge < -0.3 is 5.32 Å². The number of amides is 1. The minimum absolute atomic E-state index is 0.00605. The number of hydrogen-bond acceptors (Lipinski definition) is 3. The van der Waals surface area contributed by atoms with Crippen molar-refractivity contribution >= 4 is 27.3 Å². The Labute approximate surface area is 163 Å². The van der Waals surface area contributed by atoms with Crippen molar-refractivity contribution in [1.82, 2.24) is 0 Å². The molecule has 28 heavy (non-hydrogen) atoms. The Balaban J connectivity index is 1.94. The molecule has 7 heteroatoms. The van der Waals surface area contributed by atoms with Crippen LogP contribution in [0.1, 0.15) is 5.56 Å².